The molecule has 40 heavy (non-hydrogen) atoms. The van der Waals surface area contributed by atoms with Crippen molar-refractivity contribution in [1.29, 1.82) is 0 Å². The monoisotopic (exact) mass is 545 g/mol. The number of carbonyl (C=O) groups excluding carboxylic acids is 2. The number of hydrogen-bond acceptors (Lipinski definition) is 6. The largest absolute Gasteiger partial charge is 0.457 e. The Kier molecular flexibility index (Phi) is 9.23. The average molecular weight is 546 g/mol. The lowest BCUT2D eigenvalue weighted by Gasteiger charge is -2.32. The van der Waals surface area contributed by atoms with Gasteiger partial charge in [0.25, 0.3) is 5.91 Å². The first-order valence-corrected chi connectivity index (χ1v) is 14.1. The van der Waals surface area contributed by atoms with Crippen molar-refractivity contribution in [3.05, 3.63) is 78.2 Å². The summed E-state index contributed by atoms with van der Waals surface area (Å²) in [6.45, 7) is 5.71. The molecule has 0 saturated carbocycles. The molecule has 0 atom stereocenters. The summed E-state index contributed by atoms with van der Waals surface area (Å²) in [6, 6.07) is 16.4. The topological polar surface area (TPSA) is 86.8 Å². The van der Waals surface area contributed by atoms with Crippen molar-refractivity contribution in [3.8, 4) is 11.5 Å². The van der Waals surface area contributed by atoms with Gasteiger partial charge in [-0.3, -0.25) is 9.59 Å². The number of nitrogens with one attached hydrogen (secondary N) is 2. The maximum Gasteiger partial charge on any atom is 0.257 e. The van der Waals surface area contributed by atoms with Crippen LogP contribution < -0.4 is 20.3 Å². The summed E-state index contributed by atoms with van der Waals surface area (Å²) in [5.41, 5.74) is 1.06. The van der Waals surface area contributed by atoms with Gasteiger partial charge in [-0.1, -0.05) is 6.07 Å². The van der Waals surface area contributed by atoms with Gasteiger partial charge in [0.2, 0.25) is 5.91 Å². The van der Waals surface area contributed by atoms with E-state index in [2.05, 4.69) is 25.4 Å². The Bertz CT molecular complexity index is 1270. The van der Waals surface area contributed by atoms with Crippen LogP contribution in [0.1, 0.15) is 42.5 Å². The smallest absolute Gasteiger partial charge is 0.257 e. The molecular formula is C31H36FN5O3. The molecule has 0 aliphatic carbocycles. The number of ether oxygens (including phenoxy) is 1. The number of rotatable bonds is 10. The van der Waals surface area contributed by atoms with Crippen molar-refractivity contribution >= 4 is 23.3 Å². The molecule has 2 aliphatic rings. The Balaban J connectivity index is 1.04. The van der Waals surface area contributed by atoms with E-state index in [1.807, 2.05) is 6.07 Å². The van der Waals surface area contributed by atoms with E-state index in [1.54, 1.807) is 48.7 Å². The van der Waals surface area contributed by atoms with Gasteiger partial charge in [0.1, 0.15) is 23.1 Å². The first-order valence-electron chi connectivity index (χ1n) is 14.1. The maximum atomic E-state index is 13.3. The third-order valence-corrected chi connectivity index (χ3v) is 7.49. The molecule has 0 spiro atoms. The lowest BCUT2D eigenvalue weighted by Crippen LogP contribution is -2.41. The Morgan fingerprint density at radius 3 is 2.42 bits per heavy atom. The Morgan fingerprint density at radius 2 is 1.73 bits per heavy atom. The number of hydrogen-bond donors (Lipinski definition) is 2. The van der Waals surface area contributed by atoms with Gasteiger partial charge in [-0.15, -0.1) is 0 Å². The van der Waals surface area contributed by atoms with Gasteiger partial charge in [0.15, 0.2) is 0 Å². The first kappa shape index (κ1) is 27.6. The summed E-state index contributed by atoms with van der Waals surface area (Å²) in [7, 11) is 0. The van der Waals surface area contributed by atoms with E-state index in [-0.39, 0.29) is 23.5 Å². The molecule has 5 rings (SSSR count). The normalized spacial score (nSPS) is 16.1. The summed E-state index contributed by atoms with van der Waals surface area (Å²) in [4.78, 5) is 34.5. The fraction of sp³-hybridized carbons (Fsp3) is 0.387. The lowest BCUT2D eigenvalue weighted by molar-refractivity contribution is -0.125. The molecule has 0 bridgehead atoms. The van der Waals surface area contributed by atoms with Crippen LogP contribution in [0.3, 0.4) is 0 Å². The summed E-state index contributed by atoms with van der Waals surface area (Å²) in [5, 5.41) is 5.98. The number of pyridine rings is 1. The number of carbonyl (C=O) groups is 2. The van der Waals surface area contributed by atoms with Gasteiger partial charge >= 0.3 is 0 Å². The summed E-state index contributed by atoms with van der Waals surface area (Å²) >= 11 is 0. The van der Waals surface area contributed by atoms with E-state index in [9.17, 15) is 14.0 Å². The zero-order valence-electron chi connectivity index (χ0n) is 22.7. The van der Waals surface area contributed by atoms with Gasteiger partial charge in [-0.25, -0.2) is 9.37 Å². The van der Waals surface area contributed by atoms with Crippen molar-refractivity contribution in [3.63, 3.8) is 0 Å². The fourth-order valence-electron chi connectivity index (χ4n) is 5.22. The fourth-order valence-corrected chi connectivity index (χ4v) is 5.22. The van der Waals surface area contributed by atoms with Gasteiger partial charge in [0.05, 0.1) is 5.56 Å². The van der Waals surface area contributed by atoms with Crippen molar-refractivity contribution in [2.75, 3.05) is 49.5 Å². The van der Waals surface area contributed by atoms with E-state index >= 15 is 0 Å². The van der Waals surface area contributed by atoms with Gasteiger partial charge in [-0.05, 0) is 100 Å². The van der Waals surface area contributed by atoms with Crippen LogP contribution in [0, 0.1) is 11.7 Å². The molecule has 2 aromatic carbocycles. The van der Waals surface area contributed by atoms with E-state index in [4.69, 9.17) is 4.74 Å². The quantitative estimate of drug-likeness (QED) is 0.346. The molecule has 2 amide bonds. The standard InChI is InChI=1S/C31H36FN5O3/c32-25-5-3-6-28(21-25)40-27-10-8-26(9-11-27)35-31(39)24-7-12-29(34-22-24)37-19-13-23(14-20-37)30(38)33-15-4-18-36-16-1-2-17-36/h3,5-12,21-23H,1-2,4,13-20H2,(H,33,38)(H,35,39). The summed E-state index contributed by atoms with van der Waals surface area (Å²) < 4.78 is 19.0. The highest BCUT2D eigenvalue weighted by molar-refractivity contribution is 6.04. The number of nitrogens with zero attached hydrogens (tertiary/aromatic N) is 3. The van der Waals surface area contributed by atoms with Crippen LogP contribution in [0.15, 0.2) is 66.9 Å². The van der Waals surface area contributed by atoms with Crippen LogP contribution in [0.25, 0.3) is 0 Å². The highest BCUT2D eigenvalue weighted by Gasteiger charge is 2.25. The minimum atomic E-state index is -0.369. The molecule has 3 aromatic rings. The van der Waals surface area contributed by atoms with Gasteiger partial charge in [-0.2, -0.15) is 0 Å². The highest BCUT2D eigenvalue weighted by atomic mass is 19.1. The van der Waals surface area contributed by atoms with E-state index in [0.717, 1.165) is 51.3 Å². The predicted molar refractivity (Wildman–Crippen MR) is 153 cm³/mol. The van der Waals surface area contributed by atoms with Crippen molar-refractivity contribution < 1.29 is 18.7 Å². The summed E-state index contributed by atoms with van der Waals surface area (Å²) in [5.74, 6) is 1.31. The predicted octanol–water partition coefficient (Wildman–Crippen LogP) is 5.08. The molecule has 3 heterocycles. The second-order valence-electron chi connectivity index (χ2n) is 10.4. The van der Waals surface area contributed by atoms with E-state index < -0.39 is 0 Å². The number of halogens is 1. The zero-order chi connectivity index (χ0) is 27.7. The molecule has 2 saturated heterocycles. The molecule has 1 aromatic heterocycles. The highest BCUT2D eigenvalue weighted by Crippen LogP contribution is 2.25. The van der Waals surface area contributed by atoms with E-state index in [0.29, 0.717) is 22.7 Å². The second kappa shape index (κ2) is 13.4. The number of benzene rings is 2. The van der Waals surface area contributed by atoms with Crippen LogP contribution in [-0.2, 0) is 4.79 Å². The Morgan fingerprint density at radius 1 is 0.950 bits per heavy atom. The number of anilines is 2. The molecule has 2 N–H and O–H groups in total. The van der Waals surface area contributed by atoms with Gasteiger partial charge < -0.3 is 25.2 Å². The van der Waals surface area contributed by atoms with Crippen molar-refractivity contribution in [2.24, 2.45) is 5.92 Å². The number of likely N-dealkylation sites (tertiary alicyclic amines) is 1. The molecule has 2 fully saturated rings. The lowest BCUT2D eigenvalue weighted by atomic mass is 9.96. The molecule has 8 nitrogen and oxygen atoms in total. The maximum absolute atomic E-state index is 13.3. The SMILES string of the molecule is O=C(Nc1ccc(Oc2cccc(F)c2)cc1)c1ccc(N2CCC(C(=O)NCCCN3CCCC3)CC2)nc1. The molecule has 0 unspecified atom stereocenters. The number of aromatic nitrogens is 1. The van der Waals surface area contributed by atoms with Crippen LogP contribution in [0.2, 0.25) is 0 Å². The second-order valence-corrected chi connectivity index (χ2v) is 10.4. The molecule has 210 valence electrons. The van der Waals surface area contributed by atoms with E-state index in [1.165, 1.54) is 38.1 Å². The first-order chi connectivity index (χ1) is 19.5. The van der Waals surface area contributed by atoms with Crippen LogP contribution >= 0.6 is 0 Å². The van der Waals surface area contributed by atoms with Crippen molar-refractivity contribution in [2.45, 2.75) is 32.1 Å². The number of amides is 2. The van der Waals surface area contributed by atoms with Crippen molar-refractivity contribution in [1.82, 2.24) is 15.2 Å². The third kappa shape index (κ3) is 7.57. The molecule has 9 heteroatoms. The van der Waals surface area contributed by atoms with Crippen LogP contribution in [-0.4, -0.2) is 61.0 Å². The zero-order valence-corrected chi connectivity index (χ0v) is 22.7. The van der Waals surface area contributed by atoms with Crippen LogP contribution in [0.4, 0.5) is 15.9 Å². The van der Waals surface area contributed by atoms with Gasteiger partial charge in [0, 0.05) is 43.5 Å². The molecule has 2 aliphatic heterocycles. The Labute approximate surface area is 234 Å². The molecular weight excluding hydrogens is 509 g/mol. The Hall–Kier alpha value is -3.98. The third-order valence-electron chi connectivity index (χ3n) is 7.49. The number of piperidine rings is 1. The molecule has 0 radical (unpaired) electrons. The summed E-state index contributed by atoms with van der Waals surface area (Å²) in [6.07, 6.45) is 6.75. The minimum Gasteiger partial charge on any atom is -0.457 e. The minimum absolute atomic E-state index is 0.0405. The van der Waals surface area contributed by atoms with Crippen LogP contribution in [0.5, 0.6) is 11.5 Å². The average Bonchev–Trinajstić information content (AvgIpc) is 3.50.